The van der Waals surface area contributed by atoms with E-state index >= 15 is 0 Å². The quantitative estimate of drug-likeness (QED) is 0.0824. The molecule has 0 aliphatic carbocycles. The van der Waals surface area contributed by atoms with Gasteiger partial charge in [0, 0.05) is 46.7 Å². The number of aromatic nitrogens is 3. The molecule has 2 heterocycles. The van der Waals surface area contributed by atoms with Gasteiger partial charge in [-0.15, -0.1) is 0 Å². The molecule has 2 N–H and O–H groups in total. The van der Waals surface area contributed by atoms with Crippen LogP contribution in [0, 0.1) is 0 Å². The van der Waals surface area contributed by atoms with Crippen molar-refractivity contribution in [3.63, 3.8) is 0 Å². The van der Waals surface area contributed by atoms with Crippen molar-refractivity contribution in [1.29, 1.82) is 0 Å². The summed E-state index contributed by atoms with van der Waals surface area (Å²) >= 11 is 0. The number of morpholine rings is 1. The van der Waals surface area contributed by atoms with E-state index in [-0.39, 0.29) is 164 Å². The summed E-state index contributed by atoms with van der Waals surface area (Å²) in [5.41, 5.74) is 0.313. The fourth-order valence-electron chi connectivity index (χ4n) is 4.90. The SMILES string of the molecule is O=C([O-])c1cc(N=Nc2ccc(Nc3nc(Nc4ccc(N=Nc5cc(C(=O)[O-])cc(C(=O)[O-])c5)cc4)nc(N4CCOCC4)n3)cc2)cc(C(=O)[O-])c1.[Na+].[Na+].[Na+].[Na+]. The number of nitrogens with one attached hydrogen (secondary N) is 2. The summed E-state index contributed by atoms with van der Waals surface area (Å²) in [5, 5.41) is 67.3. The Morgan fingerprint density at radius 1 is 0.500 bits per heavy atom. The van der Waals surface area contributed by atoms with Crippen LogP contribution in [0.4, 0.5) is 52.0 Å². The molecule has 5 aromatic rings. The second kappa shape index (κ2) is 23.8. The number of ether oxygens (including phenoxy) is 1. The molecule has 1 aliphatic heterocycles. The third-order valence-corrected chi connectivity index (χ3v) is 7.50. The molecule has 19 nitrogen and oxygen atoms in total. The van der Waals surface area contributed by atoms with E-state index in [1.165, 1.54) is 0 Å². The van der Waals surface area contributed by atoms with E-state index in [0.29, 0.717) is 55.0 Å². The zero-order valence-corrected chi connectivity index (χ0v) is 39.7. The normalized spacial score (nSPS) is 12.0. The van der Waals surface area contributed by atoms with Crippen molar-refractivity contribution in [2.45, 2.75) is 0 Å². The van der Waals surface area contributed by atoms with Crippen LogP contribution in [-0.4, -0.2) is 65.1 Å². The Kier molecular flexibility index (Phi) is 20.7. The summed E-state index contributed by atoms with van der Waals surface area (Å²) in [6.07, 6.45) is 0. The standard InChI is InChI=1S/C35H28N10O9.4Na/c46-29(47)19-13-20(30(48)49)16-27(15-19)43-41-25-5-1-23(2-6-25)36-33-38-34(40-35(39-33)45-9-11-54-12-10-45)37-24-3-7-26(8-4-24)42-44-28-17-21(31(50)51)14-22(18-28)32(52)53;;;;/h1-8,13-18H,9-12H2,(H,46,47)(H,48,49)(H,50,51)(H,52,53)(H2,36,37,38,39,40);;;;/q;4*+1/p-4. The second-order valence-electron chi connectivity index (χ2n) is 11.3. The van der Waals surface area contributed by atoms with E-state index in [4.69, 9.17) is 4.74 Å². The van der Waals surface area contributed by atoms with E-state index in [1.807, 2.05) is 4.90 Å². The minimum Gasteiger partial charge on any atom is -0.545 e. The van der Waals surface area contributed by atoms with Gasteiger partial charge in [-0.25, -0.2) is 0 Å². The van der Waals surface area contributed by atoms with Gasteiger partial charge < -0.3 is 59.9 Å². The molecule has 0 amide bonds. The number of benzene rings is 4. The molecule has 0 spiro atoms. The molecule has 23 heteroatoms. The van der Waals surface area contributed by atoms with Crippen molar-refractivity contribution in [3.8, 4) is 0 Å². The number of carboxylic acids is 4. The van der Waals surface area contributed by atoms with Crippen LogP contribution in [0.15, 0.2) is 105 Å². The van der Waals surface area contributed by atoms with Crippen LogP contribution in [0.3, 0.4) is 0 Å². The average molecular weight is 821 g/mol. The van der Waals surface area contributed by atoms with E-state index in [2.05, 4.69) is 46.0 Å². The Balaban J connectivity index is 0.00000290. The van der Waals surface area contributed by atoms with E-state index in [1.54, 1.807) is 48.5 Å². The molecule has 0 radical (unpaired) electrons. The summed E-state index contributed by atoms with van der Waals surface area (Å²) in [5.74, 6) is -5.50. The van der Waals surface area contributed by atoms with Crippen LogP contribution in [-0.2, 0) is 4.74 Å². The van der Waals surface area contributed by atoms with Gasteiger partial charge in [-0.05, 0) is 84.9 Å². The molecule has 0 unspecified atom stereocenters. The number of hydrogen-bond donors (Lipinski definition) is 2. The van der Waals surface area contributed by atoms with Crippen LogP contribution in [0.25, 0.3) is 0 Å². The van der Waals surface area contributed by atoms with Gasteiger partial charge in [0.15, 0.2) is 0 Å². The van der Waals surface area contributed by atoms with Crippen molar-refractivity contribution < 1.29 is 163 Å². The van der Waals surface area contributed by atoms with Gasteiger partial charge in [0.05, 0.1) is 59.8 Å². The van der Waals surface area contributed by atoms with Gasteiger partial charge in [-0.3, -0.25) is 0 Å². The molecule has 1 aliphatic rings. The average Bonchev–Trinajstić information content (AvgIpc) is 3.17. The van der Waals surface area contributed by atoms with Gasteiger partial charge >= 0.3 is 118 Å². The maximum Gasteiger partial charge on any atom is 1.00 e. The number of azo groups is 2. The van der Waals surface area contributed by atoms with E-state index in [0.717, 1.165) is 36.4 Å². The van der Waals surface area contributed by atoms with Gasteiger partial charge in [0.2, 0.25) is 17.8 Å². The van der Waals surface area contributed by atoms with Crippen LogP contribution in [0.5, 0.6) is 0 Å². The summed E-state index contributed by atoms with van der Waals surface area (Å²) in [6, 6.07) is 19.5. The molecule has 4 aromatic carbocycles. The number of anilines is 5. The van der Waals surface area contributed by atoms with E-state index < -0.39 is 23.9 Å². The summed E-state index contributed by atoms with van der Waals surface area (Å²) < 4.78 is 5.46. The minimum absolute atomic E-state index is 0. The largest absolute Gasteiger partial charge is 1.00 e. The molecule has 0 atom stereocenters. The number of aromatic carboxylic acids is 4. The molecule has 1 aromatic heterocycles. The predicted octanol–water partition coefficient (Wildman–Crippen LogP) is -10.5. The Hall–Kier alpha value is -3.67. The third-order valence-electron chi connectivity index (χ3n) is 7.50. The second-order valence-corrected chi connectivity index (χ2v) is 11.3. The zero-order chi connectivity index (χ0) is 38.2. The van der Waals surface area contributed by atoms with Crippen LogP contribution >= 0.6 is 0 Å². The summed E-state index contributed by atoms with van der Waals surface area (Å²) in [7, 11) is 0. The number of nitrogens with zero attached hydrogens (tertiary/aromatic N) is 8. The minimum atomic E-state index is -1.57. The van der Waals surface area contributed by atoms with Crippen LogP contribution in [0.1, 0.15) is 41.4 Å². The molecule has 6 rings (SSSR count). The Morgan fingerprint density at radius 2 is 0.828 bits per heavy atom. The Labute approximate surface area is 418 Å². The van der Waals surface area contributed by atoms with Gasteiger partial charge in [0.25, 0.3) is 0 Å². The summed E-state index contributed by atoms with van der Waals surface area (Å²) in [4.78, 5) is 60.7. The number of carboxylic acid groups (broad SMARTS) is 4. The van der Waals surface area contributed by atoms with Crippen molar-refractivity contribution >= 4 is 75.8 Å². The first-order valence-electron chi connectivity index (χ1n) is 15.8. The first-order chi connectivity index (χ1) is 26.0. The zero-order valence-electron chi connectivity index (χ0n) is 31.7. The molecule has 1 fully saturated rings. The predicted molar refractivity (Wildman–Crippen MR) is 181 cm³/mol. The molecular weight excluding hydrogens is 796 g/mol. The third kappa shape index (κ3) is 14.3. The Bertz CT molecular complexity index is 2100. The molecule has 272 valence electrons. The van der Waals surface area contributed by atoms with Crippen molar-refractivity contribution in [2.75, 3.05) is 41.8 Å². The smallest absolute Gasteiger partial charge is 0.545 e. The molecule has 1 saturated heterocycles. The molecule has 58 heavy (non-hydrogen) atoms. The first kappa shape index (κ1) is 50.5. The fourth-order valence-corrected chi connectivity index (χ4v) is 4.90. The number of carbonyl (C=O) groups excluding carboxylic acids is 4. The topological polar surface area (TPSA) is 285 Å². The van der Waals surface area contributed by atoms with Crippen LogP contribution in [0.2, 0.25) is 0 Å². The maximum absolute atomic E-state index is 11.3. The monoisotopic (exact) mass is 820 g/mol. The molecule has 0 saturated carbocycles. The number of hydrogen-bond acceptors (Lipinski definition) is 19. The first-order valence-corrected chi connectivity index (χ1v) is 15.8. The van der Waals surface area contributed by atoms with Gasteiger partial charge in [0.1, 0.15) is 0 Å². The maximum atomic E-state index is 11.3. The van der Waals surface area contributed by atoms with Crippen molar-refractivity contribution in [1.82, 2.24) is 15.0 Å². The van der Waals surface area contributed by atoms with E-state index in [9.17, 15) is 39.6 Å². The molecule has 0 bridgehead atoms. The van der Waals surface area contributed by atoms with Gasteiger partial charge in [-0.2, -0.15) is 35.4 Å². The Morgan fingerprint density at radius 3 is 1.16 bits per heavy atom. The summed E-state index contributed by atoms with van der Waals surface area (Å²) in [6.45, 7) is 2.08. The van der Waals surface area contributed by atoms with Crippen molar-refractivity contribution in [3.05, 3.63) is 107 Å². The van der Waals surface area contributed by atoms with Crippen molar-refractivity contribution in [2.24, 2.45) is 20.5 Å². The number of rotatable bonds is 13. The molecular formula is C35H24N10Na4O9. The fraction of sp³-hybridized carbons (Fsp3) is 0.114. The van der Waals surface area contributed by atoms with Crippen LogP contribution < -0.4 is 154 Å². The van der Waals surface area contributed by atoms with Gasteiger partial charge in [-0.1, -0.05) is 0 Å². The number of carbonyl (C=O) groups is 4.